The van der Waals surface area contributed by atoms with Crippen molar-refractivity contribution in [2.75, 3.05) is 0 Å². The zero-order valence-corrected chi connectivity index (χ0v) is 6.86. The molecule has 2 rings (SSSR count). The predicted molar refractivity (Wildman–Crippen MR) is 47.7 cm³/mol. The van der Waals surface area contributed by atoms with Crippen LogP contribution >= 0.6 is 0 Å². The molecule has 0 N–H and O–H groups in total. The summed E-state index contributed by atoms with van der Waals surface area (Å²) in [5, 5.41) is 0. The lowest BCUT2D eigenvalue weighted by Crippen LogP contribution is -1.88. The van der Waals surface area contributed by atoms with E-state index in [1.807, 2.05) is 17.5 Å². The zero-order valence-electron chi connectivity index (χ0n) is 6.86. The lowest BCUT2D eigenvalue weighted by molar-refractivity contribution is 1.11. The maximum atomic E-state index is 4.18. The summed E-state index contributed by atoms with van der Waals surface area (Å²) in [6.45, 7) is 5.83. The number of nitrogens with zero attached hydrogens (tertiary/aromatic N) is 3. The smallest absolute Gasteiger partial charge is 0.155 e. The van der Waals surface area contributed by atoms with Crippen LogP contribution in [0.2, 0.25) is 0 Å². The van der Waals surface area contributed by atoms with Gasteiger partial charge in [0.15, 0.2) is 5.65 Å². The van der Waals surface area contributed by atoms with E-state index in [0.29, 0.717) is 0 Å². The minimum absolute atomic E-state index is 0.857. The summed E-state index contributed by atoms with van der Waals surface area (Å²) >= 11 is 0. The van der Waals surface area contributed by atoms with Gasteiger partial charge in [-0.2, -0.15) is 0 Å². The second-order valence-corrected chi connectivity index (χ2v) is 2.73. The molecule has 0 fully saturated rings. The first-order valence-corrected chi connectivity index (χ1v) is 3.72. The fourth-order valence-electron chi connectivity index (χ4n) is 1.16. The Labute approximate surface area is 70.4 Å². The lowest BCUT2D eigenvalue weighted by atomic mass is 10.3. The fourth-order valence-corrected chi connectivity index (χ4v) is 1.16. The molecule has 3 nitrogen and oxygen atoms in total. The average Bonchev–Trinajstić information content (AvgIpc) is 2.47. The van der Waals surface area contributed by atoms with Gasteiger partial charge in [-0.1, -0.05) is 6.58 Å². The molecule has 0 saturated heterocycles. The van der Waals surface area contributed by atoms with Crippen molar-refractivity contribution < 1.29 is 0 Å². The number of allylic oxidation sites excluding steroid dienone is 1. The third kappa shape index (κ3) is 0.906. The normalized spacial score (nSPS) is 10.4. The maximum absolute atomic E-state index is 4.18. The van der Waals surface area contributed by atoms with E-state index in [1.54, 1.807) is 18.6 Å². The van der Waals surface area contributed by atoms with Crippen LogP contribution in [0.4, 0.5) is 0 Å². The van der Waals surface area contributed by atoms with Crippen molar-refractivity contribution in [1.82, 2.24) is 14.4 Å². The molecule has 0 spiro atoms. The monoisotopic (exact) mass is 159 g/mol. The van der Waals surface area contributed by atoms with Crippen molar-refractivity contribution in [2.45, 2.75) is 6.92 Å². The third-order valence-corrected chi connectivity index (χ3v) is 1.75. The van der Waals surface area contributed by atoms with Gasteiger partial charge in [-0.25, -0.2) is 4.98 Å². The maximum Gasteiger partial charge on any atom is 0.155 e. The highest BCUT2D eigenvalue weighted by atomic mass is 15.0. The molecule has 0 aliphatic carbocycles. The van der Waals surface area contributed by atoms with Crippen molar-refractivity contribution in [3.05, 3.63) is 37.1 Å². The van der Waals surface area contributed by atoms with Gasteiger partial charge in [0.2, 0.25) is 0 Å². The van der Waals surface area contributed by atoms with Crippen LogP contribution in [0.15, 0.2) is 31.4 Å². The van der Waals surface area contributed by atoms with Crippen LogP contribution in [0.1, 0.15) is 12.6 Å². The molecule has 2 aromatic heterocycles. The van der Waals surface area contributed by atoms with Gasteiger partial charge in [0.1, 0.15) is 0 Å². The van der Waals surface area contributed by atoms with Gasteiger partial charge in [-0.3, -0.25) is 9.38 Å². The molecule has 12 heavy (non-hydrogen) atoms. The van der Waals surface area contributed by atoms with Crippen molar-refractivity contribution in [1.29, 1.82) is 0 Å². The minimum Gasteiger partial charge on any atom is -0.297 e. The molecule has 0 atom stereocenters. The van der Waals surface area contributed by atoms with Gasteiger partial charge in [0.05, 0.1) is 18.1 Å². The lowest BCUT2D eigenvalue weighted by Gasteiger charge is -1.97. The molecular weight excluding hydrogens is 150 g/mol. The fraction of sp³-hybridized carbons (Fsp3) is 0.111. The highest BCUT2D eigenvalue weighted by molar-refractivity contribution is 5.61. The van der Waals surface area contributed by atoms with Crippen LogP contribution in [0.25, 0.3) is 11.2 Å². The van der Waals surface area contributed by atoms with Gasteiger partial charge in [0.25, 0.3) is 0 Å². The molecule has 0 amide bonds. The van der Waals surface area contributed by atoms with Crippen LogP contribution in [-0.2, 0) is 0 Å². The SMILES string of the molecule is C=C(C)c1cnc2cnccn12. The quantitative estimate of drug-likeness (QED) is 0.634. The predicted octanol–water partition coefficient (Wildman–Crippen LogP) is 1.76. The number of rotatable bonds is 1. The Kier molecular flexibility index (Phi) is 1.43. The molecule has 0 aromatic carbocycles. The first-order valence-electron chi connectivity index (χ1n) is 3.72. The summed E-state index contributed by atoms with van der Waals surface area (Å²) in [4.78, 5) is 8.15. The molecule has 0 saturated carbocycles. The second kappa shape index (κ2) is 2.44. The molecule has 2 aromatic rings. The summed E-state index contributed by atoms with van der Waals surface area (Å²) < 4.78 is 1.97. The van der Waals surface area contributed by atoms with Crippen LogP contribution in [-0.4, -0.2) is 14.4 Å². The zero-order chi connectivity index (χ0) is 8.55. The number of imidazole rings is 1. The van der Waals surface area contributed by atoms with Gasteiger partial charge in [0, 0.05) is 12.4 Å². The van der Waals surface area contributed by atoms with Crippen molar-refractivity contribution in [3.63, 3.8) is 0 Å². The van der Waals surface area contributed by atoms with Crippen LogP contribution in [0.5, 0.6) is 0 Å². The molecular formula is C9H9N3. The van der Waals surface area contributed by atoms with E-state index in [4.69, 9.17) is 0 Å². The topological polar surface area (TPSA) is 30.2 Å². The Morgan fingerprint density at radius 1 is 1.50 bits per heavy atom. The second-order valence-electron chi connectivity index (χ2n) is 2.73. The van der Waals surface area contributed by atoms with Crippen molar-refractivity contribution in [3.8, 4) is 0 Å². The van der Waals surface area contributed by atoms with Gasteiger partial charge >= 0.3 is 0 Å². The number of hydrogen-bond acceptors (Lipinski definition) is 2. The molecule has 0 unspecified atom stereocenters. The highest BCUT2D eigenvalue weighted by Crippen LogP contribution is 2.12. The first kappa shape index (κ1) is 7.03. The Bertz CT molecular complexity index is 428. The van der Waals surface area contributed by atoms with E-state index in [-0.39, 0.29) is 0 Å². The molecule has 3 heteroatoms. The Balaban J connectivity index is 2.79. The third-order valence-electron chi connectivity index (χ3n) is 1.75. The van der Waals surface area contributed by atoms with E-state index >= 15 is 0 Å². The number of aromatic nitrogens is 3. The molecule has 0 radical (unpaired) electrons. The highest BCUT2D eigenvalue weighted by Gasteiger charge is 2.01. The molecule has 0 bridgehead atoms. The van der Waals surface area contributed by atoms with Crippen molar-refractivity contribution >= 4 is 11.2 Å². The van der Waals surface area contributed by atoms with Crippen LogP contribution in [0.3, 0.4) is 0 Å². The number of fused-ring (bicyclic) bond motifs is 1. The molecule has 2 heterocycles. The summed E-state index contributed by atoms with van der Waals surface area (Å²) in [6, 6.07) is 0. The van der Waals surface area contributed by atoms with Gasteiger partial charge in [-0.15, -0.1) is 0 Å². The van der Waals surface area contributed by atoms with E-state index < -0.39 is 0 Å². The summed E-state index contributed by atoms with van der Waals surface area (Å²) in [6.07, 6.45) is 7.15. The first-order chi connectivity index (χ1) is 5.79. The van der Waals surface area contributed by atoms with Crippen LogP contribution < -0.4 is 0 Å². The van der Waals surface area contributed by atoms with Crippen LogP contribution in [0, 0.1) is 0 Å². The van der Waals surface area contributed by atoms with E-state index in [1.165, 1.54) is 0 Å². The summed E-state index contributed by atoms with van der Waals surface area (Å²) in [5.41, 5.74) is 2.90. The average molecular weight is 159 g/mol. The van der Waals surface area contributed by atoms with E-state index in [9.17, 15) is 0 Å². The Morgan fingerprint density at radius 2 is 2.33 bits per heavy atom. The largest absolute Gasteiger partial charge is 0.297 e. The summed E-state index contributed by atoms with van der Waals surface area (Å²) in [5.74, 6) is 0. The summed E-state index contributed by atoms with van der Waals surface area (Å²) in [7, 11) is 0. The molecule has 0 aliphatic rings. The Morgan fingerprint density at radius 3 is 3.08 bits per heavy atom. The number of hydrogen-bond donors (Lipinski definition) is 0. The molecule has 0 aliphatic heterocycles. The molecule has 60 valence electrons. The Hall–Kier alpha value is -1.64. The minimum atomic E-state index is 0.857. The van der Waals surface area contributed by atoms with Gasteiger partial charge < -0.3 is 0 Å². The van der Waals surface area contributed by atoms with Gasteiger partial charge in [-0.05, 0) is 12.5 Å². The van der Waals surface area contributed by atoms with E-state index in [2.05, 4.69) is 16.5 Å². The van der Waals surface area contributed by atoms with E-state index in [0.717, 1.165) is 16.9 Å². The standard InChI is InChI=1S/C9H9N3/c1-7(2)8-5-11-9-6-10-3-4-12(8)9/h3-6H,1H2,2H3. The van der Waals surface area contributed by atoms with Crippen molar-refractivity contribution in [2.24, 2.45) is 0 Å².